The summed E-state index contributed by atoms with van der Waals surface area (Å²) in [5.41, 5.74) is 5.78. The lowest BCUT2D eigenvalue weighted by Gasteiger charge is -2.29. The van der Waals surface area contributed by atoms with E-state index in [9.17, 15) is 14.4 Å². The van der Waals surface area contributed by atoms with Crippen LogP contribution in [0.15, 0.2) is 36.6 Å². The number of amides is 3. The zero-order valence-electron chi connectivity index (χ0n) is 18.1. The van der Waals surface area contributed by atoms with Gasteiger partial charge in [-0.3, -0.25) is 14.5 Å². The van der Waals surface area contributed by atoms with Crippen LogP contribution in [0.1, 0.15) is 32.6 Å². The van der Waals surface area contributed by atoms with Gasteiger partial charge in [0.15, 0.2) is 0 Å². The number of nitrogens with one attached hydrogen (secondary N) is 1. The van der Waals surface area contributed by atoms with E-state index in [2.05, 4.69) is 31.5 Å². The summed E-state index contributed by atoms with van der Waals surface area (Å²) in [5, 5.41) is 2.69. The van der Waals surface area contributed by atoms with Crippen molar-refractivity contribution in [2.45, 2.75) is 70.4 Å². The highest BCUT2D eigenvalue weighted by atomic mass is 28.3. The van der Waals surface area contributed by atoms with E-state index >= 15 is 0 Å². The van der Waals surface area contributed by atoms with E-state index in [1.165, 1.54) is 4.90 Å². The average molecular weight is 422 g/mol. The highest BCUT2D eigenvalue weighted by Gasteiger charge is 2.27. The maximum atomic E-state index is 12.6. The van der Waals surface area contributed by atoms with Crippen LogP contribution in [0, 0.1) is 0 Å². The molecule has 0 saturated carbocycles. The normalized spacial score (nSPS) is 17.3. The predicted molar refractivity (Wildman–Crippen MR) is 118 cm³/mol. The van der Waals surface area contributed by atoms with Crippen molar-refractivity contribution in [1.82, 2.24) is 10.2 Å². The molecule has 0 fully saturated rings. The number of primary amides is 1. The van der Waals surface area contributed by atoms with Gasteiger partial charge in [0, 0.05) is 19.8 Å². The lowest BCUT2D eigenvalue weighted by Crippen LogP contribution is -2.45. The standard InChI is InChI=1S/C21H35N3O4Si/c1-6-8-10-18(19(22)25)23-20(26)16-11-12-24(17(15-16)9-7-2)21(27)28-13-14-29(3,4)5/h7,11-12,15,17-18H,2,6,8-10,13-14H2,1,3-5H3,(H2,22,25)(H,23,26). The number of hydrogen-bond acceptors (Lipinski definition) is 4. The summed E-state index contributed by atoms with van der Waals surface area (Å²) < 4.78 is 5.42. The van der Waals surface area contributed by atoms with Gasteiger partial charge in [-0.1, -0.05) is 45.5 Å². The number of hydrogen-bond donors (Lipinski definition) is 2. The molecule has 2 unspecified atom stereocenters. The van der Waals surface area contributed by atoms with E-state index in [1.54, 1.807) is 24.4 Å². The second-order valence-electron chi connectivity index (χ2n) is 8.43. The van der Waals surface area contributed by atoms with Crippen LogP contribution >= 0.6 is 0 Å². The van der Waals surface area contributed by atoms with Crippen molar-refractivity contribution in [3.05, 3.63) is 36.6 Å². The highest BCUT2D eigenvalue weighted by Crippen LogP contribution is 2.19. The van der Waals surface area contributed by atoms with E-state index in [4.69, 9.17) is 10.5 Å². The molecule has 3 N–H and O–H groups in total. The van der Waals surface area contributed by atoms with Crippen LogP contribution in [-0.2, 0) is 14.3 Å². The van der Waals surface area contributed by atoms with Crippen LogP contribution < -0.4 is 11.1 Å². The van der Waals surface area contributed by atoms with Gasteiger partial charge in [-0.05, 0) is 31.0 Å². The fourth-order valence-corrected chi connectivity index (χ4v) is 3.48. The lowest BCUT2D eigenvalue weighted by molar-refractivity contribution is -0.125. The molecule has 0 aromatic heterocycles. The van der Waals surface area contributed by atoms with Crippen molar-refractivity contribution in [1.29, 1.82) is 0 Å². The molecule has 0 saturated heterocycles. The number of nitrogens with zero attached hydrogens (tertiary/aromatic N) is 1. The summed E-state index contributed by atoms with van der Waals surface area (Å²) in [6.45, 7) is 12.8. The number of nitrogens with two attached hydrogens (primary N) is 1. The van der Waals surface area contributed by atoms with Gasteiger partial charge >= 0.3 is 6.09 Å². The van der Waals surface area contributed by atoms with Gasteiger partial charge in [0.05, 0.1) is 12.6 Å². The predicted octanol–water partition coefficient (Wildman–Crippen LogP) is 3.32. The lowest BCUT2D eigenvalue weighted by atomic mass is 10.0. The molecule has 162 valence electrons. The molecule has 1 aliphatic rings. The second kappa shape index (κ2) is 11.6. The molecule has 0 aliphatic carbocycles. The number of unbranched alkanes of at least 4 members (excludes halogenated alkanes) is 1. The molecule has 2 atom stereocenters. The molecule has 1 heterocycles. The Morgan fingerprint density at radius 2 is 2.07 bits per heavy atom. The zero-order chi connectivity index (χ0) is 22.0. The molecule has 0 aromatic carbocycles. The Bertz CT molecular complexity index is 667. The van der Waals surface area contributed by atoms with Gasteiger partial charge in [0.2, 0.25) is 5.91 Å². The van der Waals surface area contributed by atoms with Crippen LogP contribution in [-0.4, -0.2) is 49.6 Å². The summed E-state index contributed by atoms with van der Waals surface area (Å²) in [6.07, 6.45) is 8.69. The van der Waals surface area contributed by atoms with Crippen LogP contribution in [0.5, 0.6) is 0 Å². The van der Waals surface area contributed by atoms with Crippen LogP contribution in [0.2, 0.25) is 25.7 Å². The smallest absolute Gasteiger partial charge is 0.414 e. The molecule has 0 bridgehead atoms. The molecular formula is C21H35N3O4Si. The largest absolute Gasteiger partial charge is 0.449 e. The van der Waals surface area contributed by atoms with Crippen molar-refractivity contribution < 1.29 is 19.1 Å². The Hall–Kier alpha value is -2.35. The van der Waals surface area contributed by atoms with E-state index in [1.807, 2.05) is 6.92 Å². The number of carbonyl (C=O) groups is 3. The first-order valence-electron chi connectivity index (χ1n) is 10.1. The molecule has 0 aromatic rings. The zero-order valence-corrected chi connectivity index (χ0v) is 19.1. The van der Waals surface area contributed by atoms with Crippen molar-refractivity contribution in [3.8, 4) is 0 Å². The third-order valence-corrected chi connectivity index (χ3v) is 6.30. The number of ether oxygens (including phenoxy) is 1. The molecular weight excluding hydrogens is 386 g/mol. The minimum absolute atomic E-state index is 0.375. The SMILES string of the molecule is C=CCC1C=C(C(=O)NC(CCCC)C(N)=O)C=CN1C(=O)OCC[Si](C)(C)C. The molecule has 8 heteroatoms. The van der Waals surface area contributed by atoms with E-state index in [-0.39, 0.29) is 11.9 Å². The molecule has 0 spiro atoms. The Kier molecular flexibility index (Phi) is 9.87. The minimum atomic E-state index is -1.30. The Morgan fingerprint density at radius 3 is 2.62 bits per heavy atom. The Morgan fingerprint density at radius 1 is 1.38 bits per heavy atom. The van der Waals surface area contributed by atoms with Gasteiger partial charge in [-0.15, -0.1) is 6.58 Å². The molecule has 0 radical (unpaired) electrons. The summed E-state index contributed by atoms with van der Waals surface area (Å²) >= 11 is 0. The summed E-state index contributed by atoms with van der Waals surface area (Å²) in [7, 11) is -1.30. The monoisotopic (exact) mass is 421 g/mol. The maximum absolute atomic E-state index is 12.6. The molecule has 7 nitrogen and oxygen atoms in total. The first-order valence-corrected chi connectivity index (χ1v) is 13.9. The first-order chi connectivity index (χ1) is 13.6. The van der Waals surface area contributed by atoms with E-state index in [0.717, 1.165) is 18.9 Å². The van der Waals surface area contributed by atoms with Crippen LogP contribution in [0.4, 0.5) is 4.79 Å². The topological polar surface area (TPSA) is 102 Å². The molecule has 1 rings (SSSR count). The summed E-state index contributed by atoms with van der Waals surface area (Å²) in [5.74, 6) is -0.940. The van der Waals surface area contributed by atoms with Gasteiger partial charge in [0.1, 0.15) is 6.04 Å². The van der Waals surface area contributed by atoms with Gasteiger partial charge < -0.3 is 15.8 Å². The first kappa shape index (κ1) is 24.7. The van der Waals surface area contributed by atoms with Crippen molar-refractivity contribution in [2.75, 3.05) is 6.61 Å². The molecule has 29 heavy (non-hydrogen) atoms. The summed E-state index contributed by atoms with van der Waals surface area (Å²) in [6, 6.07) is -0.197. The Balaban J connectivity index is 2.80. The average Bonchev–Trinajstić information content (AvgIpc) is 2.63. The van der Waals surface area contributed by atoms with E-state index in [0.29, 0.717) is 25.0 Å². The second-order valence-corrected chi connectivity index (χ2v) is 14.1. The van der Waals surface area contributed by atoms with Crippen LogP contribution in [0.25, 0.3) is 0 Å². The third-order valence-electron chi connectivity index (χ3n) is 4.60. The van der Waals surface area contributed by atoms with Gasteiger partial charge in [0.25, 0.3) is 5.91 Å². The fourth-order valence-electron chi connectivity index (χ4n) is 2.77. The van der Waals surface area contributed by atoms with Gasteiger partial charge in [-0.25, -0.2) is 4.79 Å². The molecule has 1 aliphatic heterocycles. The Labute approximate surface area is 175 Å². The molecule has 3 amide bonds. The van der Waals surface area contributed by atoms with Crippen LogP contribution in [0.3, 0.4) is 0 Å². The third kappa shape index (κ3) is 8.68. The number of carbonyl (C=O) groups excluding carboxylic acids is 3. The summed E-state index contributed by atoms with van der Waals surface area (Å²) in [4.78, 5) is 38.1. The highest BCUT2D eigenvalue weighted by molar-refractivity contribution is 6.76. The van der Waals surface area contributed by atoms with Crippen molar-refractivity contribution in [3.63, 3.8) is 0 Å². The van der Waals surface area contributed by atoms with Crippen molar-refractivity contribution in [2.24, 2.45) is 5.73 Å². The van der Waals surface area contributed by atoms with E-state index < -0.39 is 26.1 Å². The quantitative estimate of drug-likeness (QED) is 0.395. The van der Waals surface area contributed by atoms with Crippen molar-refractivity contribution >= 4 is 26.0 Å². The minimum Gasteiger partial charge on any atom is -0.449 e. The number of rotatable bonds is 11. The maximum Gasteiger partial charge on any atom is 0.414 e. The van der Waals surface area contributed by atoms with Gasteiger partial charge in [-0.2, -0.15) is 0 Å². The fraction of sp³-hybridized carbons (Fsp3) is 0.571.